The molecule has 0 heterocycles. The molecule has 1 aliphatic rings. The second kappa shape index (κ2) is 8.92. The zero-order chi connectivity index (χ0) is 17.4. The van der Waals surface area contributed by atoms with E-state index in [0.717, 1.165) is 37.2 Å². The normalized spacial score (nSPS) is 21.8. The third kappa shape index (κ3) is 6.03. The number of hydrogen-bond donors (Lipinski definition) is 0. The highest BCUT2D eigenvalue weighted by molar-refractivity contribution is 5.24. The van der Waals surface area contributed by atoms with Crippen LogP contribution in [0, 0.1) is 23.2 Å². The van der Waals surface area contributed by atoms with Gasteiger partial charge in [-0.1, -0.05) is 43.9 Å². The fraction of sp³-hybridized carbons (Fsp3) is 0.550. The van der Waals surface area contributed by atoms with Crippen LogP contribution in [0.4, 0.5) is 13.2 Å². The number of benzene rings is 1. The molecule has 1 saturated carbocycles. The van der Waals surface area contributed by atoms with Gasteiger partial charge in [-0.15, -0.1) is 0 Å². The first-order chi connectivity index (χ1) is 11.5. The number of halogens is 3. The lowest BCUT2D eigenvalue weighted by Crippen LogP contribution is -2.15. The number of rotatable bonds is 6. The van der Waals surface area contributed by atoms with Crippen LogP contribution in [0.15, 0.2) is 36.4 Å². The van der Waals surface area contributed by atoms with Crippen LogP contribution in [0.3, 0.4) is 0 Å². The Bertz CT molecular complexity index is 558. The third-order valence-electron chi connectivity index (χ3n) is 5.02. The summed E-state index contributed by atoms with van der Waals surface area (Å²) in [6.07, 6.45) is 8.20. The van der Waals surface area contributed by atoms with Crippen molar-refractivity contribution < 1.29 is 13.2 Å². The Kier molecular flexibility index (Phi) is 6.90. The highest BCUT2D eigenvalue weighted by Gasteiger charge is 2.30. The second-order valence-electron chi connectivity index (χ2n) is 6.73. The lowest BCUT2D eigenvalue weighted by atomic mass is 9.78. The number of allylic oxidation sites excluding steroid dienone is 2. The van der Waals surface area contributed by atoms with Gasteiger partial charge < -0.3 is 0 Å². The van der Waals surface area contributed by atoms with Gasteiger partial charge in [-0.25, -0.2) is 0 Å². The standard InChI is InChI=1S/C20H24F3N/c21-20(22,23)19-13-11-18(12-14-19)10-9-17-7-5-16(6-8-17)4-2-1-3-15-24/h1,3,11-14,16-17H,2,4-10H2/t16-,17-. The summed E-state index contributed by atoms with van der Waals surface area (Å²) in [6.45, 7) is 0. The molecule has 0 N–H and O–H groups in total. The number of hydrogen-bond acceptors (Lipinski definition) is 1. The van der Waals surface area contributed by atoms with Crippen molar-refractivity contribution >= 4 is 0 Å². The van der Waals surface area contributed by atoms with Crippen molar-refractivity contribution in [1.29, 1.82) is 5.26 Å². The molecule has 0 aliphatic heterocycles. The Morgan fingerprint density at radius 1 is 1.00 bits per heavy atom. The lowest BCUT2D eigenvalue weighted by Gasteiger charge is -2.28. The molecule has 130 valence electrons. The molecular weight excluding hydrogens is 311 g/mol. The fourth-order valence-corrected chi connectivity index (χ4v) is 3.51. The van der Waals surface area contributed by atoms with E-state index in [1.807, 2.05) is 12.1 Å². The zero-order valence-corrected chi connectivity index (χ0v) is 13.9. The van der Waals surface area contributed by atoms with Gasteiger partial charge in [0.2, 0.25) is 0 Å². The van der Waals surface area contributed by atoms with Crippen LogP contribution < -0.4 is 0 Å². The molecule has 1 aromatic carbocycles. The molecule has 0 bridgehead atoms. The second-order valence-corrected chi connectivity index (χ2v) is 6.73. The topological polar surface area (TPSA) is 23.8 Å². The van der Waals surface area contributed by atoms with Gasteiger partial charge in [0, 0.05) is 6.08 Å². The summed E-state index contributed by atoms with van der Waals surface area (Å²) in [5.41, 5.74) is 0.420. The molecule has 1 fully saturated rings. The van der Waals surface area contributed by atoms with Gasteiger partial charge in [0.15, 0.2) is 0 Å². The molecule has 1 aliphatic carbocycles. The predicted octanol–water partition coefficient (Wildman–Crippen LogP) is 6.30. The number of alkyl halides is 3. The summed E-state index contributed by atoms with van der Waals surface area (Å²) < 4.78 is 37.6. The zero-order valence-electron chi connectivity index (χ0n) is 13.9. The van der Waals surface area contributed by atoms with Crippen molar-refractivity contribution in [2.24, 2.45) is 11.8 Å². The molecule has 2 rings (SSSR count). The van der Waals surface area contributed by atoms with Crippen molar-refractivity contribution in [2.45, 2.75) is 57.5 Å². The Hall–Kier alpha value is -1.76. The molecule has 0 aromatic heterocycles. The van der Waals surface area contributed by atoms with Gasteiger partial charge in [0.25, 0.3) is 0 Å². The van der Waals surface area contributed by atoms with E-state index < -0.39 is 11.7 Å². The maximum absolute atomic E-state index is 12.5. The van der Waals surface area contributed by atoms with Gasteiger partial charge in [0.1, 0.15) is 0 Å². The number of nitriles is 1. The van der Waals surface area contributed by atoms with Crippen molar-refractivity contribution in [3.05, 3.63) is 47.5 Å². The maximum atomic E-state index is 12.5. The Morgan fingerprint density at radius 2 is 1.58 bits per heavy atom. The summed E-state index contributed by atoms with van der Waals surface area (Å²) >= 11 is 0. The highest BCUT2D eigenvalue weighted by atomic mass is 19.4. The molecule has 24 heavy (non-hydrogen) atoms. The van der Waals surface area contributed by atoms with E-state index in [-0.39, 0.29) is 0 Å². The molecule has 4 heteroatoms. The molecule has 0 amide bonds. The van der Waals surface area contributed by atoms with E-state index in [0.29, 0.717) is 5.92 Å². The SMILES string of the molecule is N#CC=CCC[C@H]1CC[C@H](CCc2ccc(C(F)(F)F)cc2)CC1. The average molecular weight is 335 g/mol. The largest absolute Gasteiger partial charge is 0.416 e. The Balaban J connectivity index is 1.69. The van der Waals surface area contributed by atoms with Crippen LogP contribution in [-0.2, 0) is 12.6 Å². The van der Waals surface area contributed by atoms with Crippen LogP contribution >= 0.6 is 0 Å². The minimum absolute atomic E-state index is 0.572. The van der Waals surface area contributed by atoms with E-state index in [1.54, 1.807) is 18.2 Å². The first kappa shape index (κ1) is 18.6. The highest BCUT2D eigenvalue weighted by Crippen LogP contribution is 2.34. The monoisotopic (exact) mass is 335 g/mol. The van der Waals surface area contributed by atoms with Crippen LogP contribution in [0.5, 0.6) is 0 Å². The molecular formula is C20H24F3N. The third-order valence-corrected chi connectivity index (χ3v) is 5.02. The summed E-state index contributed by atoms with van der Waals surface area (Å²) in [6, 6.07) is 7.59. The predicted molar refractivity (Wildman–Crippen MR) is 89.2 cm³/mol. The lowest BCUT2D eigenvalue weighted by molar-refractivity contribution is -0.137. The van der Waals surface area contributed by atoms with Gasteiger partial charge in [-0.2, -0.15) is 18.4 Å². The van der Waals surface area contributed by atoms with Crippen molar-refractivity contribution in [3.8, 4) is 6.07 Å². The van der Waals surface area contributed by atoms with Crippen LogP contribution in [0.2, 0.25) is 0 Å². The smallest absolute Gasteiger partial charge is 0.193 e. The van der Waals surface area contributed by atoms with E-state index in [1.165, 1.54) is 37.8 Å². The van der Waals surface area contributed by atoms with Crippen LogP contribution in [0.25, 0.3) is 0 Å². The van der Waals surface area contributed by atoms with Crippen molar-refractivity contribution in [2.75, 3.05) is 0 Å². The first-order valence-electron chi connectivity index (χ1n) is 8.70. The van der Waals surface area contributed by atoms with Gasteiger partial charge in [-0.05, 0) is 55.2 Å². The summed E-state index contributed by atoms with van der Waals surface area (Å²) in [7, 11) is 0. The molecule has 0 radical (unpaired) electrons. The Labute approximate surface area is 142 Å². The summed E-state index contributed by atoms with van der Waals surface area (Å²) in [5, 5.41) is 8.45. The molecule has 0 spiro atoms. The molecule has 1 aromatic rings. The van der Waals surface area contributed by atoms with Gasteiger partial charge in [-0.3, -0.25) is 0 Å². The first-order valence-corrected chi connectivity index (χ1v) is 8.70. The molecule has 0 unspecified atom stereocenters. The maximum Gasteiger partial charge on any atom is 0.416 e. The van der Waals surface area contributed by atoms with Crippen LogP contribution in [-0.4, -0.2) is 0 Å². The van der Waals surface area contributed by atoms with E-state index in [4.69, 9.17) is 5.26 Å². The molecule has 0 saturated heterocycles. The average Bonchev–Trinajstić information content (AvgIpc) is 2.57. The minimum atomic E-state index is -4.25. The van der Waals surface area contributed by atoms with Crippen molar-refractivity contribution in [3.63, 3.8) is 0 Å². The molecule has 0 atom stereocenters. The summed E-state index contributed by atoms with van der Waals surface area (Å²) in [5.74, 6) is 1.45. The number of nitrogens with zero attached hydrogens (tertiary/aromatic N) is 1. The fourth-order valence-electron chi connectivity index (χ4n) is 3.51. The molecule has 1 nitrogen and oxygen atoms in total. The van der Waals surface area contributed by atoms with Gasteiger partial charge in [0.05, 0.1) is 11.6 Å². The minimum Gasteiger partial charge on any atom is -0.193 e. The van der Waals surface area contributed by atoms with E-state index in [2.05, 4.69) is 0 Å². The van der Waals surface area contributed by atoms with Crippen LogP contribution in [0.1, 0.15) is 56.1 Å². The quantitative estimate of drug-likeness (QED) is 0.559. The van der Waals surface area contributed by atoms with E-state index >= 15 is 0 Å². The summed E-state index contributed by atoms with van der Waals surface area (Å²) in [4.78, 5) is 0. The number of aryl methyl sites for hydroxylation is 1. The van der Waals surface area contributed by atoms with E-state index in [9.17, 15) is 13.2 Å². The van der Waals surface area contributed by atoms with Crippen molar-refractivity contribution in [1.82, 2.24) is 0 Å². The Morgan fingerprint density at radius 3 is 2.12 bits per heavy atom. The van der Waals surface area contributed by atoms with Gasteiger partial charge >= 0.3 is 6.18 Å².